The van der Waals surface area contributed by atoms with Crippen LogP contribution in [-0.2, 0) is 0 Å². The molecule has 2 aromatic rings. The Balaban J connectivity index is 1.98. The Morgan fingerprint density at radius 3 is 1.71 bits per heavy atom. The molecule has 0 fully saturated rings. The number of urea groups is 2. The number of primary amides is 2. The molecule has 2 rings (SSSR count). The third-order valence-corrected chi connectivity index (χ3v) is 4.38. The first-order valence-corrected chi connectivity index (χ1v) is 9.95. The van der Waals surface area contributed by atoms with Crippen molar-refractivity contribution in [3.8, 4) is 5.75 Å². The highest BCUT2D eigenvalue weighted by atomic mass is 16.5. The SMILES string of the molecule is COc1ccc(N=Nc2ccc(N(CCCNC(N)=O)CCCNC(N)=O)cc2)cc1. The molecule has 0 bridgehead atoms. The van der Waals surface area contributed by atoms with Gasteiger partial charge in [0.25, 0.3) is 0 Å². The van der Waals surface area contributed by atoms with Crippen molar-refractivity contribution in [2.45, 2.75) is 12.8 Å². The van der Waals surface area contributed by atoms with Crippen LogP contribution in [0.5, 0.6) is 5.75 Å². The summed E-state index contributed by atoms with van der Waals surface area (Å²) in [7, 11) is 1.61. The lowest BCUT2D eigenvalue weighted by molar-refractivity contribution is 0.248. The minimum absolute atomic E-state index is 0.486. The smallest absolute Gasteiger partial charge is 0.312 e. The summed E-state index contributed by atoms with van der Waals surface area (Å²) in [5.74, 6) is 0.764. The van der Waals surface area contributed by atoms with E-state index in [4.69, 9.17) is 16.2 Å². The summed E-state index contributed by atoms with van der Waals surface area (Å²) < 4.78 is 5.13. The van der Waals surface area contributed by atoms with E-state index >= 15 is 0 Å². The van der Waals surface area contributed by atoms with Gasteiger partial charge in [0.05, 0.1) is 18.5 Å². The van der Waals surface area contributed by atoms with Crippen LogP contribution in [0.2, 0.25) is 0 Å². The topological polar surface area (TPSA) is 147 Å². The van der Waals surface area contributed by atoms with Crippen molar-refractivity contribution < 1.29 is 14.3 Å². The fourth-order valence-corrected chi connectivity index (χ4v) is 2.83. The quantitative estimate of drug-likeness (QED) is 0.304. The Kier molecular flexibility index (Phi) is 9.60. The van der Waals surface area contributed by atoms with Crippen molar-refractivity contribution in [2.75, 3.05) is 38.2 Å². The summed E-state index contributed by atoms with van der Waals surface area (Å²) >= 11 is 0. The van der Waals surface area contributed by atoms with Crippen LogP contribution in [0.15, 0.2) is 58.8 Å². The normalized spacial score (nSPS) is 10.6. The van der Waals surface area contributed by atoms with E-state index in [1.165, 1.54) is 0 Å². The number of carbonyl (C=O) groups is 2. The first-order valence-electron chi connectivity index (χ1n) is 9.95. The van der Waals surface area contributed by atoms with Gasteiger partial charge < -0.3 is 31.7 Å². The average molecular weight is 428 g/mol. The predicted molar refractivity (Wildman–Crippen MR) is 120 cm³/mol. The Hall–Kier alpha value is -3.82. The van der Waals surface area contributed by atoms with Crippen molar-refractivity contribution >= 4 is 29.1 Å². The van der Waals surface area contributed by atoms with Gasteiger partial charge in [-0.1, -0.05) is 0 Å². The molecule has 0 aliphatic rings. The second-order valence-corrected chi connectivity index (χ2v) is 6.69. The molecule has 0 spiro atoms. The summed E-state index contributed by atoms with van der Waals surface area (Å²) in [6, 6.07) is 13.9. The van der Waals surface area contributed by atoms with Crippen molar-refractivity contribution in [1.82, 2.24) is 10.6 Å². The lowest BCUT2D eigenvalue weighted by atomic mass is 10.2. The van der Waals surface area contributed by atoms with Crippen LogP contribution in [0.1, 0.15) is 12.8 Å². The number of nitrogens with one attached hydrogen (secondary N) is 2. The second-order valence-electron chi connectivity index (χ2n) is 6.69. The Morgan fingerprint density at radius 2 is 1.29 bits per heavy atom. The Bertz CT molecular complexity index is 832. The van der Waals surface area contributed by atoms with Crippen LogP contribution in [0.25, 0.3) is 0 Å². The summed E-state index contributed by atoms with van der Waals surface area (Å²) in [5, 5.41) is 13.7. The van der Waals surface area contributed by atoms with Crippen LogP contribution >= 0.6 is 0 Å². The summed E-state index contributed by atoms with van der Waals surface area (Å²) in [6.07, 6.45) is 1.45. The second kappa shape index (κ2) is 12.7. The molecular formula is C21H29N7O3. The maximum Gasteiger partial charge on any atom is 0.312 e. The molecule has 166 valence electrons. The minimum atomic E-state index is -0.538. The van der Waals surface area contributed by atoms with E-state index in [1.54, 1.807) is 7.11 Å². The van der Waals surface area contributed by atoms with Crippen LogP contribution in [0.3, 0.4) is 0 Å². The van der Waals surface area contributed by atoms with Gasteiger partial charge in [-0.3, -0.25) is 0 Å². The van der Waals surface area contributed by atoms with Crippen LogP contribution in [0.4, 0.5) is 26.7 Å². The highest BCUT2D eigenvalue weighted by molar-refractivity contribution is 5.71. The van der Waals surface area contributed by atoms with E-state index in [0.29, 0.717) is 26.2 Å². The lowest BCUT2D eigenvalue weighted by Gasteiger charge is -2.25. The Morgan fingerprint density at radius 1 is 0.839 bits per heavy atom. The molecule has 10 heteroatoms. The lowest BCUT2D eigenvalue weighted by Crippen LogP contribution is -2.35. The van der Waals surface area contributed by atoms with Crippen molar-refractivity contribution in [1.29, 1.82) is 0 Å². The van der Waals surface area contributed by atoms with E-state index in [-0.39, 0.29) is 0 Å². The minimum Gasteiger partial charge on any atom is -0.497 e. The standard InChI is InChI=1S/C21H29N7O3/c1-31-19-10-6-17(7-11-19)27-26-16-4-8-18(9-5-16)28(14-2-12-24-20(22)29)15-3-13-25-21(23)30/h4-11H,2-3,12-15H2,1H3,(H3,22,24,29)(H3,23,25,30). The van der Waals surface area contributed by atoms with Crippen LogP contribution in [0, 0.1) is 0 Å². The van der Waals surface area contributed by atoms with Gasteiger partial charge in [-0.25, -0.2) is 9.59 Å². The number of hydrogen-bond acceptors (Lipinski definition) is 6. The number of azo groups is 1. The summed E-state index contributed by atoms with van der Waals surface area (Å²) in [4.78, 5) is 23.8. The van der Waals surface area contributed by atoms with E-state index in [2.05, 4.69) is 25.8 Å². The predicted octanol–water partition coefficient (Wildman–Crippen LogP) is 3.03. The van der Waals surface area contributed by atoms with Gasteiger partial charge in [-0.05, 0) is 61.4 Å². The number of benzene rings is 2. The third-order valence-electron chi connectivity index (χ3n) is 4.38. The maximum absolute atomic E-state index is 10.8. The highest BCUT2D eigenvalue weighted by Crippen LogP contribution is 2.24. The number of ether oxygens (including phenoxy) is 1. The maximum atomic E-state index is 10.8. The molecule has 0 saturated carbocycles. The number of rotatable bonds is 12. The van der Waals surface area contributed by atoms with Crippen molar-refractivity contribution in [3.63, 3.8) is 0 Å². The van der Waals surface area contributed by atoms with Crippen LogP contribution < -0.4 is 31.7 Å². The van der Waals surface area contributed by atoms with Gasteiger partial charge in [-0.2, -0.15) is 10.2 Å². The van der Waals surface area contributed by atoms with Gasteiger partial charge >= 0.3 is 12.1 Å². The molecule has 4 amide bonds. The molecular weight excluding hydrogens is 398 g/mol. The van der Waals surface area contributed by atoms with Gasteiger partial charge in [0.1, 0.15) is 5.75 Å². The average Bonchev–Trinajstić information content (AvgIpc) is 2.77. The number of methoxy groups -OCH3 is 1. The van der Waals surface area contributed by atoms with E-state index in [9.17, 15) is 9.59 Å². The van der Waals surface area contributed by atoms with Gasteiger partial charge in [-0.15, -0.1) is 0 Å². The Labute approximate surface area is 181 Å². The molecule has 10 nitrogen and oxygen atoms in total. The molecule has 2 aromatic carbocycles. The number of nitrogens with zero attached hydrogens (tertiary/aromatic N) is 3. The molecule has 0 radical (unpaired) electrons. The number of anilines is 1. The van der Waals surface area contributed by atoms with Crippen molar-refractivity contribution in [2.24, 2.45) is 21.7 Å². The zero-order chi connectivity index (χ0) is 22.5. The molecule has 0 heterocycles. The largest absolute Gasteiger partial charge is 0.497 e. The fraction of sp³-hybridized carbons (Fsp3) is 0.333. The number of nitrogens with two attached hydrogens (primary N) is 2. The number of hydrogen-bond donors (Lipinski definition) is 4. The van der Waals surface area contributed by atoms with Crippen molar-refractivity contribution in [3.05, 3.63) is 48.5 Å². The van der Waals surface area contributed by atoms with Gasteiger partial charge in [0.15, 0.2) is 0 Å². The van der Waals surface area contributed by atoms with E-state index in [1.807, 2.05) is 48.5 Å². The summed E-state index contributed by atoms with van der Waals surface area (Å²) in [5.41, 5.74) is 12.7. The number of carbonyl (C=O) groups excluding carboxylic acids is 2. The molecule has 0 aliphatic carbocycles. The zero-order valence-electron chi connectivity index (χ0n) is 17.6. The van der Waals surface area contributed by atoms with Gasteiger partial charge in [0.2, 0.25) is 0 Å². The summed E-state index contributed by atoms with van der Waals surface area (Å²) in [6.45, 7) is 2.40. The number of amides is 4. The monoisotopic (exact) mass is 427 g/mol. The fourth-order valence-electron chi connectivity index (χ4n) is 2.83. The first-order chi connectivity index (χ1) is 15.0. The molecule has 6 N–H and O–H groups in total. The van der Waals surface area contributed by atoms with Gasteiger partial charge in [0, 0.05) is 31.9 Å². The molecule has 31 heavy (non-hydrogen) atoms. The molecule has 0 aliphatic heterocycles. The molecule has 0 unspecified atom stereocenters. The zero-order valence-corrected chi connectivity index (χ0v) is 17.6. The third kappa shape index (κ3) is 9.03. The van der Waals surface area contributed by atoms with Crippen LogP contribution in [-0.4, -0.2) is 45.4 Å². The first kappa shape index (κ1) is 23.5. The van der Waals surface area contributed by atoms with E-state index < -0.39 is 12.1 Å². The van der Waals surface area contributed by atoms with E-state index in [0.717, 1.165) is 35.7 Å². The highest BCUT2D eigenvalue weighted by Gasteiger charge is 2.07. The molecule has 0 atom stereocenters. The molecule has 0 saturated heterocycles. The molecule has 0 aromatic heterocycles.